The van der Waals surface area contributed by atoms with E-state index in [0.29, 0.717) is 11.5 Å². The van der Waals surface area contributed by atoms with E-state index in [4.69, 9.17) is 0 Å². The lowest BCUT2D eigenvalue weighted by molar-refractivity contribution is -0.0546. The first-order valence-corrected chi connectivity index (χ1v) is 8.56. The first kappa shape index (κ1) is 18.8. The maximum atomic E-state index is 13.8. The van der Waals surface area contributed by atoms with Gasteiger partial charge < -0.3 is 4.74 Å². The first-order valence-electron chi connectivity index (χ1n) is 8.56. The highest BCUT2D eigenvalue weighted by atomic mass is 19.3. The molecular formula is C19H24F4O. The summed E-state index contributed by atoms with van der Waals surface area (Å²) in [7, 11) is 0. The van der Waals surface area contributed by atoms with Crippen LogP contribution in [0.15, 0.2) is 24.8 Å². The van der Waals surface area contributed by atoms with Gasteiger partial charge in [0.2, 0.25) is 0 Å². The van der Waals surface area contributed by atoms with Crippen molar-refractivity contribution in [2.24, 2.45) is 5.92 Å². The third-order valence-corrected chi connectivity index (χ3v) is 4.82. The van der Waals surface area contributed by atoms with E-state index < -0.39 is 24.0 Å². The average molecular weight is 344 g/mol. The second kappa shape index (κ2) is 9.09. The molecule has 0 unspecified atom stereocenters. The first-order chi connectivity index (χ1) is 11.5. The highest BCUT2D eigenvalue weighted by molar-refractivity contribution is 5.33. The summed E-state index contributed by atoms with van der Waals surface area (Å²) in [6.07, 6.45) is 10.3. The van der Waals surface area contributed by atoms with E-state index in [2.05, 4.69) is 11.3 Å². The highest BCUT2D eigenvalue weighted by Gasteiger charge is 2.25. The van der Waals surface area contributed by atoms with Gasteiger partial charge in [-0.2, -0.15) is 8.78 Å². The van der Waals surface area contributed by atoms with Crippen LogP contribution in [0.4, 0.5) is 17.6 Å². The van der Waals surface area contributed by atoms with Gasteiger partial charge in [0.15, 0.2) is 17.4 Å². The molecule has 2 rings (SSSR count). The topological polar surface area (TPSA) is 9.23 Å². The Labute approximate surface area is 140 Å². The number of halogens is 4. The minimum atomic E-state index is -3.24. The molecule has 1 nitrogen and oxygen atoms in total. The zero-order valence-corrected chi connectivity index (χ0v) is 13.7. The van der Waals surface area contributed by atoms with Crippen molar-refractivity contribution in [3.8, 4) is 5.75 Å². The van der Waals surface area contributed by atoms with Gasteiger partial charge in [-0.1, -0.05) is 18.9 Å². The average Bonchev–Trinajstić information content (AvgIpc) is 2.55. The Morgan fingerprint density at radius 3 is 2.25 bits per heavy atom. The normalized spacial score (nSPS) is 21.0. The Morgan fingerprint density at radius 1 is 1.08 bits per heavy atom. The van der Waals surface area contributed by atoms with E-state index in [1.807, 2.05) is 6.08 Å². The SMILES string of the molecule is C=CCCCCC1CCC(c2cc(F)c(OC(F)F)c(F)c2)CC1. The molecule has 1 saturated carbocycles. The number of rotatable bonds is 8. The summed E-state index contributed by atoms with van der Waals surface area (Å²) in [6.45, 7) is 0.473. The molecule has 0 spiro atoms. The number of hydrogen-bond acceptors (Lipinski definition) is 1. The van der Waals surface area contributed by atoms with E-state index in [-0.39, 0.29) is 5.92 Å². The van der Waals surface area contributed by atoms with Crippen LogP contribution in [-0.4, -0.2) is 6.61 Å². The molecule has 1 aromatic rings. The largest absolute Gasteiger partial charge is 0.429 e. The molecule has 0 aliphatic heterocycles. The molecule has 0 heterocycles. The fourth-order valence-corrected chi connectivity index (χ4v) is 3.52. The van der Waals surface area contributed by atoms with Crippen LogP contribution in [-0.2, 0) is 0 Å². The van der Waals surface area contributed by atoms with Crippen molar-refractivity contribution < 1.29 is 22.3 Å². The summed E-state index contributed by atoms with van der Waals surface area (Å²) in [5.74, 6) is -2.36. The molecule has 5 heteroatoms. The van der Waals surface area contributed by atoms with Gasteiger partial charge in [0.25, 0.3) is 0 Å². The number of benzene rings is 1. The van der Waals surface area contributed by atoms with E-state index in [9.17, 15) is 17.6 Å². The maximum Gasteiger partial charge on any atom is 0.387 e. The van der Waals surface area contributed by atoms with Crippen molar-refractivity contribution in [2.45, 2.75) is 63.9 Å². The number of unbranched alkanes of at least 4 members (excludes halogenated alkanes) is 2. The van der Waals surface area contributed by atoms with Crippen LogP contribution in [0.2, 0.25) is 0 Å². The second-order valence-corrected chi connectivity index (χ2v) is 6.48. The van der Waals surface area contributed by atoms with Crippen LogP contribution < -0.4 is 4.74 Å². The minimum absolute atomic E-state index is 0.0824. The molecule has 1 aliphatic rings. The van der Waals surface area contributed by atoms with Gasteiger partial charge in [-0.15, -0.1) is 6.58 Å². The van der Waals surface area contributed by atoms with Crippen LogP contribution in [0.3, 0.4) is 0 Å². The summed E-state index contributed by atoms with van der Waals surface area (Å²) in [5, 5.41) is 0. The molecule has 1 aliphatic carbocycles. The lowest BCUT2D eigenvalue weighted by atomic mass is 9.77. The second-order valence-electron chi connectivity index (χ2n) is 6.48. The summed E-state index contributed by atoms with van der Waals surface area (Å²) in [6, 6.07) is 2.27. The lowest BCUT2D eigenvalue weighted by Crippen LogP contribution is -2.14. The highest BCUT2D eigenvalue weighted by Crippen LogP contribution is 2.39. The molecule has 0 atom stereocenters. The minimum Gasteiger partial charge on any atom is -0.429 e. The number of allylic oxidation sites excluding steroid dienone is 1. The van der Waals surface area contributed by atoms with E-state index >= 15 is 0 Å². The third-order valence-electron chi connectivity index (χ3n) is 4.82. The summed E-state index contributed by atoms with van der Waals surface area (Å²) >= 11 is 0. The van der Waals surface area contributed by atoms with Gasteiger partial charge in [-0.25, -0.2) is 8.78 Å². The van der Waals surface area contributed by atoms with Gasteiger partial charge in [0, 0.05) is 0 Å². The standard InChI is InChI=1S/C19H24F4O/c1-2-3-4-5-6-13-7-9-14(10-8-13)15-11-16(20)18(17(21)12-15)24-19(22)23/h2,11-14,19H,1,3-10H2. The third kappa shape index (κ3) is 5.25. The predicted octanol–water partition coefficient (Wildman–Crippen LogP) is 6.59. The van der Waals surface area contributed by atoms with Crippen LogP contribution >= 0.6 is 0 Å². The zero-order chi connectivity index (χ0) is 17.5. The molecule has 134 valence electrons. The molecule has 24 heavy (non-hydrogen) atoms. The summed E-state index contributed by atoms with van der Waals surface area (Å²) in [4.78, 5) is 0. The van der Waals surface area contributed by atoms with Gasteiger partial charge >= 0.3 is 6.61 Å². The van der Waals surface area contributed by atoms with Crippen molar-refractivity contribution in [1.29, 1.82) is 0 Å². The zero-order valence-electron chi connectivity index (χ0n) is 13.7. The van der Waals surface area contributed by atoms with Crippen molar-refractivity contribution >= 4 is 0 Å². The fraction of sp³-hybridized carbons (Fsp3) is 0.579. The Kier molecular flexibility index (Phi) is 7.13. The molecule has 0 radical (unpaired) electrons. The lowest BCUT2D eigenvalue weighted by Gasteiger charge is -2.29. The van der Waals surface area contributed by atoms with E-state index in [1.54, 1.807) is 0 Å². The van der Waals surface area contributed by atoms with Gasteiger partial charge in [-0.05, 0) is 68.1 Å². The van der Waals surface area contributed by atoms with Gasteiger partial charge in [0.05, 0.1) is 0 Å². The molecule has 1 aromatic carbocycles. The maximum absolute atomic E-state index is 13.8. The molecular weight excluding hydrogens is 320 g/mol. The van der Waals surface area contributed by atoms with Crippen molar-refractivity contribution in [1.82, 2.24) is 0 Å². The molecule has 0 N–H and O–H groups in total. The molecule has 0 saturated heterocycles. The Hall–Kier alpha value is -1.52. The monoisotopic (exact) mass is 344 g/mol. The molecule has 0 amide bonds. The fourth-order valence-electron chi connectivity index (χ4n) is 3.52. The molecule has 0 bridgehead atoms. The van der Waals surface area contributed by atoms with Crippen molar-refractivity contribution in [3.05, 3.63) is 42.0 Å². The Bertz CT molecular complexity index is 513. The summed E-state index contributed by atoms with van der Waals surface area (Å²) in [5.41, 5.74) is 0.539. The van der Waals surface area contributed by atoms with Crippen LogP contribution in [0.1, 0.15) is 62.8 Å². The van der Waals surface area contributed by atoms with Crippen LogP contribution in [0.25, 0.3) is 0 Å². The van der Waals surface area contributed by atoms with Crippen molar-refractivity contribution in [2.75, 3.05) is 0 Å². The van der Waals surface area contributed by atoms with Crippen LogP contribution in [0.5, 0.6) is 5.75 Å². The van der Waals surface area contributed by atoms with Crippen LogP contribution in [0, 0.1) is 17.6 Å². The molecule has 0 aromatic heterocycles. The number of alkyl halides is 2. The smallest absolute Gasteiger partial charge is 0.387 e. The van der Waals surface area contributed by atoms with Gasteiger partial charge in [-0.3, -0.25) is 0 Å². The number of hydrogen-bond donors (Lipinski definition) is 0. The Morgan fingerprint density at radius 2 is 1.71 bits per heavy atom. The summed E-state index contributed by atoms with van der Waals surface area (Å²) < 4.78 is 55.9. The predicted molar refractivity (Wildman–Crippen MR) is 86.4 cm³/mol. The van der Waals surface area contributed by atoms with Crippen molar-refractivity contribution in [3.63, 3.8) is 0 Å². The van der Waals surface area contributed by atoms with E-state index in [1.165, 1.54) is 12.8 Å². The molecule has 1 fully saturated rings. The Balaban J connectivity index is 1.91. The van der Waals surface area contributed by atoms with E-state index in [0.717, 1.165) is 50.7 Å². The number of ether oxygens (including phenoxy) is 1. The quantitative estimate of drug-likeness (QED) is 0.294. The van der Waals surface area contributed by atoms with Gasteiger partial charge in [0.1, 0.15) is 0 Å².